The molecule has 0 saturated heterocycles. The van der Waals surface area contributed by atoms with Crippen molar-refractivity contribution in [2.75, 3.05) is 20.8 Å². The summed E-state index contributed by atoms with van der Waals surface area (Å²) < 4.78 is 10.8. The minimum absolute atomic E-state index is 0.0209. The van der Waals surface area contributed by atoms with Crippen molar-refractivity contribution in [3.8, 4) is 11.5 Å². The number of ether oxygens (including phenoxy) is 2. The normalized spacial score (nSPS) is 17.6. The first-order valence-electron chi connectivity index (χ1n) is 10.6. The zero-order valence-corrected chi connectivity index (χ0v) is 19.6. The van der Waals surface area contributed by atoms with Crippen LogP contribution < -0.4 is 20.1 Å². The molecule has 1 aliphatic rings. The maximum Gasteiger partial charge on any atom is 0.127 e. The Balaban J connectivity index is 2.01. The van der Waals surface area contributed by atoms with E-state index in [2.05, 4.69) is 70.4 Å². The third kappa shape index (κ3) is 7.87. The molecule has 1 aromatic rings. The smallest absolute Gasteiger partial charge is 0.127 e. The van der Waals surface area contributed by atoms with Gasteiger partial charge in [-0.05, 0) is 65.0 Å². The van der Waals surface area contributed by atoms with Gasteiger partial charge in [0.05, 0.1) is 14.2 Å². The van der Waals surface area contributed by atoms with Crippen molar-refractivity contribution in [2.45, 2.75) is 72.0 Å². The molecule has 2 rings (SSSR count). The number of rotatable bonds is 9. The molecule has 1 aliphatic carbocycles. The summed E-state index contributed by atoms with van der Waals surface area (Å²) in [6, 6.07) is 5.99. The zero-order chi connectivity index (χ0) is 21.7. The monoisotopic (exact) mass is 400 g/mol. The van der Waals surface area contributed by atoms with Gasteiger partial charge in [-0.15, -0.1) is 0 Å². The lowest BCUT2D eigenvalue weighted by Crippen LogP contribution is -2.39. The topological polar surface area (TPSA) is 42.5 Å². The van der Waals surface area contributed by atoms with E-state index in [0.717, 1.165) is 43.0 Å². The van der Waals surface area contributed by atoms with E-state index < -0.39 is 0 Å². The summed E-state index contributed by atoms with van der Waals surface area (Å²) in [7, 11) is 3.38. The summed E-state index contributed by atoms with van der Waals surface area (Å²) in [6.07, 6.45) is 6.96. The van der Waals surface area contributed by atoms with Crippen LogP contribution in [-0.2, 0) is 6.54 Å². The van der Waals surface area contributed by atoms with Crippen molar-refractivity contribution in [1.29, 1.82) is 0 Å². The van der Waals surface area contributed by atoms with Gasteiger partial charge >= 0.3 is 0 Å². The highest BCUT2D eigenvalue weighted by molar-refractivity contribution is 5.41. The molecule has 1 atom stereocenters. The largest absolute Gasteiger partial charge is 0.497 e. The highest BCUT2D eigenvalue weighted by Gasteiger charge is 2.22. The molecule has 0 heterocycles. The molecule has 0 bridgehead atoms. The molecule has 2 N–H and O–H groups in total. The summed E-state index contributed by atoms with van der Waals surface area (Å²) in [4.78, 5) is 0. The third-order valence-corrected chi connectivity index (χ3v) is 5.22. The average molecular weight is 401 g/mol. The minimum Gasteiger partial charge on any atom is -0.497 e. The zero-order valence-electron chi connectivity index (χ0n) is 19.6. The van der Waals surface area contributed by atoms with E-state index >= 15 is 0 Å². The molecule has 1 unspecified atom stereocenters. The number of methoxy groups -OCH3 is 2. The Bertz CT molecular complexity index is 742. The van der Waals surface area contributed by atoms with Crippen LogP contribution in [0.4, 0.5) is 0 Å². The van der Waals surface area contributed by atoms with Crippen molar-refractivity contribution >= 4 is 0 Å². The molecule has 162 valence electrons. The van der Waals surface area contributed by atoms with Crippen molar-refractivity contribution < 1.29 is 9.47 Å². The van der Waals surface area contributed by atoms with Crippen LogP contribution in [0, 0.1) is 5.92 Å². The van der Waals surface area contributed by atoms with Gasteiger partial charge in [-0.25, -0.2) is 0 Å². The van der Waals surface area contributed by atoms with Crippen LogP contribution in [0.25, 0.3) is 0 Å². The lowest BCUT2D eigenvalue weighted by Gasteiger charge is -2.30. The van der Waals surface area contributed by atoms with Crippen molar-refractivity contribution in [3.63, 3.8) is 0 Å². The Morgan fingerprint density at radius 3 is 2.34 bits per heavy atom. The molecule has 0 spiro atoms. The molecule has 4 nitrogen and oxygen atoms in total. The van der Waals surface area contributed by atoms with E-state index in [9.17, 15) is 0 Å². The third-order valence-electron chi connectivity index (χ3n) is 5.22. The Labute approximate surface area is 177 Å². The van der Waals surface area contributed by atoms with Gasteiger partial charge in [0.2, 0.25) is 0 Å². The van der Waals surface area contributed by atoms with Gasteiger partial charge < -0.3 is 20.1 Å². The number of hydrogen-bond acceptors (Lipinski definition) is 4. The van der Waals surface area contributed by atoms with Gasteiger partial charge in [-0.1, -0.05) is 30.7 Å². The predicted octanol–water partition coefficient (Wildman–Crippen LogP) is 5.24. The molecule has 0 amide bonds. The van der Waals surface area contributed by atoms with Crippen LogP contribution in [0.2, 0.25) is 0 Å². The van der Waals surface area contributed by atoms with E-state index in [1.807, 2.05) is 12.1 Å². The summed E-state index contributed by atoms with van der Waals surface area (Å²) in [6.45, 7) is 15.2. The molecule has 1 aromatic carbocycles. The fourth-order valence-corrected chi connectivity index (χ4v) is 3.72. The summed E-state index contributed by atoms with van der Waals surface area (Å²) in [5, 5.41) is 7.34. The van der Waals surface area contributed by atoms with Crippen molar-refractivity contribution in [1.82, 2.24) is 10.6 Å². The first-order chi connectivity index (χ1) is 13.5. The van der Waals surface area contributed by atoms with Gasteiger partial charge in [0.15, 0.2) is 0 Å². The fourth-order valence-electron chi connectivity index (χ4n) is 3.72. The molecule has 0 aromatic heterocycles. The maximum atomic E-state index is 5.54. The molecule has 4 heteroatoms. The Kier molecular flexibility index (Phi) is 7.95. The van der Waals surface area contributed by atoms with Gasteiger partial charge in [0.1, 0.15) is 11.5 Å². The summed E-state index contributed by atoms with van der Waals surface area (Å²) in [5.41, 5.74) is 4.18. The van der Waals surface area contributed by atoms with Gasteiger partial charge in [0, 0.05) is 35.8 Å². The van der Waals surface area contributed by atoms with Crippen LogP contribution >= 0.6 is 0 Å². The van der Waals surface area contributed by atoms with E-state index in [4.69, 9.17) is 9.47 Å². The quantitative estimate of drug-likeness (QED) is 0.595. The minimum atomic E-state index is -0.0209. The maximum absolute atomic E-state index is 5.54. The van der Waals surface area contributed by atoms with Crippen molar-refractivity contribution in [3.05, 3.63) is 47.1 Å². The molecule has 0 fully saturated rings. The first-order valence-corrected chi connectivity index (χ1v) is 10.6. The highest BCUT2D eigenvalue weighted by Crippen LogP contribution is 2.29. The van der Waals surface area contributed by atoms with E-state index in [1.54, 1.807) is 14.2 Å². The Hall–Kier alpha value is -1.78. The van der Waals surface area contributed by atoms with Crippen LogP contribution in [0.1, 0.15) is 59.9 Å². The van der Waals surface area contributed by atoms with E-state index in [-0.39, 0.29) is 11.1 Å². The predicted molar refractivity (Wildman–Crippen MR) is 123 cm³/mol. The first kappa shape index (κ1) is 23.5. The van der Waals surface area contributed by atoms with Crippen LogP contribution in [0.5, 0.6) is 11.5 Å². The molecule has 0 aliphatic heterocycles. The second kappa shape index (κ2) is 9.82. The second-order valence-electron chi connectivity index (χ2n) is 9.92. The summed E-state index contributed by atoms with van der Waals surface area (Å²) in [5.74, 6) is 2.26. The van der Waals surface area contributed by atoms with Crippen molar-refractivity contribution in [2.24, 2.45) is 5.92 Å². The average Bonchev–Trinajstić information content (AvgIpc) is 2.63. The standard InChI is InChI=1S/C25H40N2O2/c1-18-11-19(13-20(12-18)16-26-24(2,3)4)15-25(5,6)27-17-21-9-10-22(28-7)14-23(21)29-8/h9-11,13-14,18,26-27H,12,15-17H2,1-8H3. The second-order valence-corrected chi connectivity index (χ2v) is 9.92. The molecular weight excluding hydrogens is 360 g/mol. The van der Waals surface area contributed by atoms with Crippen LogP contribution in [0.15, 0.2) is 41.5 Å². The summed E-state index contributed by atoms with van der Waals surface area (Å²) >= 11 is 0. The van der Waals surface area contributed by atoms with E-state index in [1.165, 1.54) is 11.1 Å². The lowest BCUT2D eigenvalue weighted by molar-refractivity contribution is 0.367. The number of benzene rings is 1. The van der Waals surface area contributed by atoms with E-state index in [0.29, 0.717) is 5.92 Å². The van der Waals surface area contributed by atoms with Gasteiger partial charge in [-0.2, -0.15) is 0 Å². The SMILES string of the molecule is COc1ccc(CNC(C)(C)CC2=CC(C)CC(CNC(C)(C)C)=C2)c(OC)c1. The molecular formula is C25H40N2O2. The molecule has 0 saturated carbocycles. The van der Waals surface area contributed by atoms with Gasteiger partial charge in [-0.3, -0.25) is 0 Å². The Morgan fingerprint density at radius 2 is 1.72 bits per heavy atom. The number of hydrogen-bond donors (Lipinski definition) is 2. The molecule has 0 radical (unpaired) electrons. The fraction of sp³-hybridized carbons (Fsp3) is 0.600. The van der Waals surface area contributed by atoms with Gasteiger partial charge in [0.25, 0.3) is 0 Å². The lowest BCUT2D eigenvalue weighted by atomic mass is 9.85. The number of nitrogens with one attached hydrogen (secondary N) is 2. The highest BCUT2D eigenvalue weighted by atomic mass is 16.5. The van der Waals surface area contributed by atoms with Crippen LogP contribution in [0.3, 0.4) is 0 Å². The molecule has 29 heavy (non-hydrogen) atoms. The van der Waals surface area contributed by atoms with Crippen LogP contribution in [-0.4, -0.2) is 31.8 Å². The Morgan fingerprint density at radius 1 is 1.00 bits per heavy atom. The number of allylic oxidation sites excluding steroid dienone is 2.